The number of amides is 4. The summed E-state index contributed by atoms with van der Waals surface area (Å²) in [5.74, 6) is -2.68. The highest BCUT2D eigenvalue weighted by molar-refractivity contribution is 6.03. The molecule has 7 N–H and O–H groups in total. The van der Waals surface area contributed by atoms with Crippen molar-refractivity contribution in [1.29, 1.82) is 0 Å². The fraction of sp³-hybridized carbons (Fsp3) is 0.492. The summed E-state index contributed by atoms with van der Waals surface area (Å²) in [6.07, 6.45) is 18.5. The molecular formula is C65H87N6O12+. The molecule has 2 heterocycles. The molecule has 0 aromatic heterocycles. The second-order valence-corrected chi connectivity index (χ2v) is 22.4. The first kappa shape index (κ1) is 64.6. The smallest absolute Gasteiger partial charge is 0.326 e. The number of carbonyl (C=O) groups excluding carboxylic acids is 3. The summed E-state index contributed by atoms with van der Waals surface area (Å²) in [6, 6.07) is 23.8. The molecule has 0 spiro atoms. The number of nitrogens with zero attached hydrogens (tertiary/aromatic N) is 2. The van der Waals surface area contributed by atoms with Crippen molar-refractivity contribution in [3.63, 3.8) is 0 Å². The highest BCUT2D eigenvalue weighted by Crippen LogP contribution is 2.48. The maximum absolute atomic E-state index is 12.8. The Kier molecular flexibility index (Phi) is 25.2. The summed E-state index contributed by atoms with van der Waals surface area (Å²) in [4.78, 5) is 73.4. The summed E-state index contributed by atoms with van der Waals surface area (Å²) >= 11 is 0. The number of aliphatic carboxylic acids is 3. The summed E-state index contributed by atoms with van der Waals surface area (Å²) in [5.41, 5.74) is 9.72. The Morgan fingerprint density at radius 3 is 2.08 bits per heavy atom. The Morgan fingerprint density at radius 1 is 0.663 bits per heavy atom. The molecule has 0 radical (unpaired) electrons. The number of urea groups is 1. The van der Waals surface area contributed by atoms with E-state index in [1.54, 1.807) is 0 Å². The molecule has 0 saturated carbocycles. The van der Waals surface area contributed by atoms with Crippen molar-refractivity contribution in [1.82, 2.24) is 21.3 Å². The van der Waals surface area contributed by atoms with Gasteiger partial charge in [0.15, 0.2) is 5.71 Å². The van der Waals surface area contributed by atoms with Gasteiger partial charge >= 0.3 is 23.9 Å². The third-order valence-corrected chi connectivity index (χ3v) is 15.5. The van der Waals surface area contributed by atoms with Gasteiger partial charge < -0.3 is 55.7 Å². The van der Waals surface area contributed by atoms with E-state index in [0.717, 1.165) is 69.5 Å². The molecule has 83 heavy (non-hydrogen) atoms. The molecule has 0 bridgehead atoms. The van der Waals surface area contributed by atoms with Gasteiger partial charge in [-0.1, -0.05) is 94.3 Å². The number of allylic oxidation sites excluding steroid dienone is 7. The number of carboxylic acid groups (broad SMARTS) is 3. The number of hydrogen-bond donors (Lipinski definition) is 7. The predicted octanol–water partition coefficient (Wildman–Crippen LogP) is 10.0. The van der Waals surface area contributed by atoms with Gasteiger partial charge in [0, 0.05) is 73.4 Å². The monoisotopic (exact) mass is 1140 g/mol. The minimum atomic E-state index is -1.50. The van der Waals surface area contributed by atoms with Gasteiger partial charge in [-0.15, -0.1) is 0 Å². The maximum atomic E-state index is 12.8. The van der Waals surface area contributed by atoms with Crippen LogP contribution in [0.15, 0.2) is 126 Å². The average Bonchev–Trinajstić information content (AvgIpc) is 2.05. The normalized spacial score (nSPS) is 16.9. The third-order valence-electron chi connectivity index (χ3n) is 15.5. The van der Waals surface area contributed by atoms with E-state index in [2.05, 4.69) is 138 Å². The quantitative estimate of drug-likeness (QED) is 0.0214. The Balaban J connectivity index is 0.935. The van der Waals surface area contributed by atoms with Crippen molar-refractivity contribution in [3.05, 3.63) is 137 Å². The summed E-state index contributed by atoms with van der Waals surface area (Å²) in [6.45, 7) is 14.4. The zero-order valence-corrected chi connectivity index (χ0v) is 49.1. The first-order valence-electron chi connectivity index (χ1n) is 29.5. The Morgan fingerprint density at radius 2 is 1.35 bits per heavy atom. The Hall–Kier alpha value is -7.57. The molecule has 6 rings (SSSR count). The minimum Gasteiger partial charge on any atom is -0.481 e. The van der Waals surface area contributed by atoms with E-state index in [1.165, 1.54) is 57.9 Å². The summed E-state index contributed by atoms with van der Waals surface area (Å²) in [7, 11) is 0. The molecule has 0 fully saturated rings. The number of anilines is 1. The van der Waals surface area contributed by atoms with Gasteiger partial charge in [-0.3, -0.25) is 14.4 Å². The van der Waals surface area contributed by atoms with Gasteiger partial charge in [-0.05, 0) is 125 Å². The number of para-hydroxylation sites is 3. The van der Waals surface area contributed by atoms with Gasteiger partial charge in [-0.2, -0.15) is 4.58 Å². The first-order valence-corrected chi connectivity index (χ1v) is 29.5. The van der Waals surface area contributed by atoms with Crippen LogP contribution in [-0.2, 0) is 44.3 Å². The summed E-state index contributed by atoms with van der Waals surface area (Å²) in [5, 5.41) is 37.4. The van der Waals surface area contributed by atoms with Gasteiger partial charge in [0.1, 0.15) is 36.7 Å². The van der Waals surface area contributed by atoms with Crippen LogP contribution in [-0.4, -0.2) is 126 Å². The second-order valence-electron chi connectivity index (χ2n) is 22.4. The largest absolute Gasteiger partial charge is 0.481 e. The van der Waals surface area contributed by atoms with Crippen LogP contribution in [0, 0.1) is 0 Å². The number of carboxylic acids is 3. The topological polar surface area (TPSA) is 245 Å². The second kappa shape index (κ2) is 32.3. The van der Waals surface area contributed by atoms with Gasteiger partial charge in [-0.25, -0.2) is 14.4 Å². The van der Waals surface area contributed by atoms with Crippen LogP contribution >= 0.6 is 0 Å². The van der Waals surface area contributed by atoms with E-state index >= 15 is 0 Å². The van der Waals surface area contributed by atoms with Crippen LogP contribution in [0.25, 0.3) is 0 Å². The molecule has 2 unspecified atom stereocenters. The predicted molar refractivity (Wildman–Crippen MR) is 320 cm³/mol. The molecule has 4 amide bonds. The minimum absolute atomic E-state index is 0.00720. The van der Waals surface area contributed by atoms with Gasteiger partial charge in [0.2, 0.25) is 17.5 Å². The van der Waals surface area contributed by atoms with Crippen LogP contribution < -0.4 is 30.9 Å². The van der Waals surface area contributed by atoms with Crippen molar-refractivity contribution in [2.75, 3.05) is 57.5 Å². The van der Waals surface area contributed by atoms with Crippen LogP contribution in [0.2, 0.25) is 0 Å². The lowest BCUT2D eigenvalue weighted by molar-refractivity contribution is -0.438. The van der Waals surface area contributed by atoms with Crippen molar-refractivity contribution in [3.8, 4) is 5.75 Å². The number of rotatable bonds is 35. The maximum Gasteiger partial charge on any atom is 0.326 e. The zero-order valence-electron chi connectivity index (χ0n) is 49.1. The molecule has 3 aliphatic rings. The van der Waals surface area contributed by atoms with Crippen molar-refractivity contribution in [2.45, 2.75) is 154 Å². The molecular weight excluding hydrogens is 1060 g/mol. The summed E-state index contributed by atoms with van der Waals surface area (Å²) < 4.78 is 20.4. The van der Waals surface area contributed by atoms with Crippen LogP contribution in [0.4, 0.5) is 16.2 Å². The molecule has 2 atom stereocenters. The fourth-order valence-electron chi connectivity index (χ4n) is 11.0. The number of carbonyl (C=O) groups is 6. The Bertz CT molecular complexity index is 2870. The number of unbranched alkanes of at least 4 members (excludes halogenated alkanes) is 5. The molecule has 448 valence electrons. The SMILES string of the molecule is CCCCC[N+]1=C(C=CC2=C(Oc3ccccc3)C(=CC=C3N(CCCCCC(=O)NCCOCCOCC(=O)NCCCCC(NC(=O)NC(CCC(=O)O)C(=O)O)C(=O)O)c4ccccc4C3(C)C)CCC2)C(C)(C)c2ccccc21. The standard InChI is InChI=1S/C65H86N6O12/c1-6-7-19-40-70-53-29-15-13-26-49(53)64(2,3)55(70)35-32-46-22-21-23-47(60(46)83-48-24-10-8-11-25-48)33-36-56-65(4,5)50-27-14-16-30-54(50)71(56)41-20-9-12-31-57(72)67-39-42-81-43-44-82-45-58(73)66-38-18-17-28-51(61(76)77)68-63(80)69-52(62(78)79)34-37-59(74)75/h8,10-11,13-16,24-27,29-30,32-33,35-36,51-52H,6-7,9,12,17-23,28,31,34,37-45H2,1-5H3,(H6-,66,67,68,69,72,73,74,75,76,77,78,79,80)/p+1. The third kappa shape index (κ3) is 19.0. The van der Waals surface area contributed by atoms with Crippen LogP contribution in [0.3, 0.4) is 0 Å². The van der Waals surface area contributed by atoms with E-state index in [9.17, 15) is 39.0 Å². The molecule has 2 aliphatic heterocycles. The van der Waals surface area contributed by atoms with Crippen molar-refractivity contribution < 1.29 is 62.9 Å². The van der Waals surface area contributed by atoms with Crippen molar-refractivity contribution >= 4 is 52.8 Å². The number of ether oxygens (including phenoxy) is 3. The van der Waals surface area contributed by atoms with Crippen LogP contribution in [0.5, 0.6) is 5.75 Å². The zero-order chi connectivity index (χ0) is 59.8. The number of nitrogens with one attached hydrogen (secondary N) is 4. The highest BCUT2D eigenvalue weighted by Gasteiger charge is 2.44. The molecule has 18 nitrogen and oxygen atoms in total. The molecule has 0 saturated heterocycles. The van der Waals surface area contributed by atoms with E-state index in [-0.39, 0.29) is 68.5 Å². The van der Waals surface area contributed by atoms with Crippen molar-refractivity contribution in [2.24, 2.45) is 0 Å². The molecule has 1 aliphatic carbocycles. The van der Waals surface area contributed by atoms with E-state index < -0.39 is 42.4 Å². The molecule has 3 aromatic rings. The van der Waals surface area contributed by atoms with E-state index in [0.29, 0.717) is 25.8 Å². The van der Waals surface area contributed by atoms with Gasteiger partial charge in [0.05, 0.1) is 25.2 Å². The van der Waals surface area contributed by atoms with Gasteiger partial charge in [0.25, 0.3) is 0 Å². The fourth-order valence-corrected chi connectivity index (χ4v) is 11.0. The lowest BCUT2D eigenvalue weighted by Gasteiger charge is -2.27. The van der Waals surface area contributed by atoms with E-state index in [4.69, 9.17) is 19.3 Å². The lowest BCUT2D eigenvalue weighted by Crippen LogP contribution is -2.51. The Labute approximate surface area is 489 Å². The van der Waals surface area contributed by atoms with Crippen LogP contribution in [0.1, 0.15) is 142 Å². The first-order chi connectivity index (χ1) is 39.9. The molecule has 18 heteroatoms. The molecule has 3 aromatic carbocycles. The number of fused-ring (bicyclic) bond motifs is 2. The number of hydrogen-bond acceptors (Lipinski definition) is 10. The number of benzene rings is 3. The lowest BCUT2D eigenvalue weighted by atomic mass is 9.81. The average molecular weight is 1140 g/mol. The highest BCUT2D eigenvalue weighted by atomic mass is 16.5. The van der Waals surface area contributed by atoms with E-state index in [1.807, 2.05) is 30.3 Å².